The molecule has 1 aromatic carbocycles. The molecular formula is C14H18N2O6S. The number of ether oxygens (including phenoxy) is 2. The average Bonchev–Trinajstić information content (AvgIpc) is 2.80. The van der Waals surface area contributed by atoms with Crippen molar-refractivity contribution in [2.24, 2.45) is 0 Å². The van der Waals surface area contributed by atoms with Gasteiger partial charge in [-0.25, -0.2) is 18.0 Å². The Morgan fingerprint density at radius 2 is 1.96 bits per heavy atom. The van der Waals surface area contributed by atoms with Crippen molar-refractivity contribution in [1.29, 1.82) is 0 Å². The Balaban J connectivity index is 1.83. The van der Waals surface area contributed by atoms with E-state index < -0.39 is 22.0 Å². The fourth-order valence-electron chi connectivity index (χ4n) is 2.11. The molecule has 1 aliphatic rings. The molecule has 2 rings (SSSR count). The molecule has 1 unspecified atom stereocenters. The summed E-state index contributed by atoms with van der Waals surface area (Å²) in [7, 11) is -3.04. The maximum Gasteiger partial charge on any atom is 0.513 e. The Kier molecular flexibility index (Phi) is 5.43. The number of carbonyl (C=O) groups is 2. The number of hydrogen-bond donors (Lipinski definition) is 2. The fourth-order valence-corrected chi connectivity index (χ4v) is 3.78. The molecule has 0 spiro atoms. The van der Waals surface area contributed by atoms with E-state index in [1.54, 1.807) is 19.1 Å². The molecule has 0 bridgehead atoms. The summed E-state index contributed by atoms with van der Waals surface area (Å²) in [6, 6.07) is 5.27. The summed E-state index contributed by atoms with van der Waals surface area (Å²) in [5.74, 6) is 0.348. The topological polar surface area (TPSA) is 111 Å². The molecule has 2 amide bonds. The molecule has 2 N–H and O–H groups in total. The molecule has 0 aliphatic carbocycles. The number of rotatable bonds is 4. The average molecular weight is 342 g/mol. The lowest BCUT2D eigenvalue weighted by Gasteiger charge is -2.12. The van der Waals surface area contributed by atoms with E-state index in [4.69, 9.17) is 4.74 Å². The van der Waals surface area contributed by atoms with Crippen molar-refractivity contribution < 1.29 is 27.5 Å². The summed E-state index contributed by atoms with van der Waals surface area (Å²) in [5.41, 5.74) is 0.486. The molecule has 1 aliphatic heterocycles. The Hall–Kier alpha value is -2.29. The molecular weight excluding hydrogens is 324 g/mol. The molecule has 1 aromatic rings. The van der Waals surface area contributed by atoms with Crippen LogP contribution in [0.3, 0.4) is 0 Å². The summed E-state index contributed by atoms with van der Waals surface area (Å²) < 4.78 is 32.2. The summed E-state index contributed by atoms with van der Waals surface area (Å²) in [6.45, 7) is 1.89. The monoisotopic (exact) mass is 342 g/mol. The lowest BCUT2D eigenvalue weighted by molar-refractivity contribution is 0.104. The fraction of sp³-hybridized carbons (Fsp3) is 0.429. The van der Waals surface area contributed by atoms with Crippen molar-refractivity contribution >= 4 is 27.7 Å². The van der Waals surface area contributed by atoms with Gasteiger partial charge in [-0.15, -0.1) is 0 Å². The zero-order valence-electron chi connectivity index (χ0n) is 12.6. The van der Waals surface area contributed by atoms with Gasteiger partial charge in [-0.1, -0.05) is 0 Å². The van der Waals surface area contributed by atoms with Gasteiger partial charge >= 0.3 is 12.2 Å². The van der Waals surface area contributed by atoms with Gasteiger partial charge in [0.2, 0.25) is 0 Å². The maximum absolute atomic E-state index is 11.8. The first-order valence-corrected chi connectivity index (χ1v) is 8.92. The highest BCUT2D eigenvalue weighted by Gasteiger charge is 2.28. The molecule has 8 nitrogen and oxygen atoms in total. The van der Waals surface area contributed by atoms with E-state index in [2.05, 4.69) is 15.4 Å². The normalized spacial score (nSPS) is 18.9. The number of hydrogen-bond acceptors (Lipinski definition) is 6. The molecule has 0 saturated carbocycles. The van der Waals surface area contributed by atoms with Crippen LogP contribution in [0.5, 0.6) is 5.75 Å². The van der Waals surface area contributed by atoms with E-state index in [1.165, 1.54) is 12.1 Å². The van der Waals surface area contributed by atoms with Crippen LogP contribution >= 0.6 is 0 Å². The van der Waals surface area contributed by atoms with E-state index in [0.717, 1.165) is 0 Å². The molecule has 0 radical (unpaired) electrons. The third kappa shape index (κ3) is 5.44. The molecule has 1 fully saturated rings. The van der Waals surface area contributed by atoms with Gasteiger partial charge in [-0.2, -0.15) is 0 Å². The summed E-state index contributed by atoms with van der Waals surface area (Å²) in [6.07, 6.45) is -0.379. The van der Waals surface area contributed by atoms with Gasteiger partial charge in [0.05, 0.1) is 18.1 Å². The number of nitrogens with one attached hydrogen (secondary N) is 2. The van der Waals surface area contributed by atoms with Crippen molar-refractivity contribution in [2.45, 2.75) is 19.4 Å². The van der Waals surface area contributed by atoms with Gasteiger partial charge in [-0.3, -0.25) is 0 Å². The summed E-state index contributed by atoms with van der Waals surface area (Å²) in [5, 5.41) is 5.20. The Morgan fingerprint density at radius 3 is 2.52 bits per heavy atom. The molecule has 126 valence electrons. The Labute approximate surface area is 134 Å². The molecule has 1 saturated heterocycles. The van der Waals surface area contributed by atoms with Crippen LogP contribution < -0.4 is 15.4 Å². The van der Waals surface area contributed by atoms with Gasteiger partial charge < -0.3 is 20.1 Å². The van der Waals surface area contributed by atoms with Crippen molar-refractivity contribution in [3.8, 4) is 5.75 Å². The maximum atomic E-state index is 11.8. The zero-order valence-corrected chi connectivity index (χ0v) is 13.4. The highest BCUT2D eigenvalue weighted by Crippen LogP contribution is 2.17. The van der Waals surface area contributed by atoms with Gasteiger partial charge in [0.15, 0.2) is 9.84 Å². The van der Waals surface area contributed by atoms with Crippen LogP contribution in [-0.2, 0) is 14.6 Å². The Morgan fingerprint density at radius 1 is 1.26 bits per heavy atom. The Bertz CT molecular complexity index is 671. The van der Waals surface area contributed by atoms with Crippen LogP contribution in [0.25, 0.3) is 0 Å². The minimum absolute atomic E-state index is 0.0350. The van der Waals surface area contributed by atoms with Crippen LogP contribution in [-0.4, -0.2) is 44.8 Å². The second kappa shape index (κ2) is 7.32. The minimum atomic E-state index is -3.04. The molecule has 9 heteroatoms. The van der Waals surface area contributed by atoms with Crippen molar-refractivity contribution in [2.75, 3.05) is 23.4 Å². The predicted octanol–water partition coefficient (Wildman–Crippen LogP) is 1.53. The van der Waals surface area contributed by atoms with E-state index in [-0.39, 0.29) is 29.9 Å². The predicted molar refractivity (Wildman–Crippen MR) is 83.3 cm³/mol. The molecule has 23 heavy (non-hydrogen) atoms. The lowest BCUT2D eigenvalue weighted by Crippen LogP contribution is -2.38. The van der Waals surface area contributed by atoms with Crippen LogP contribution in [0.15, 0.2) is 24.3 Å². The van der Waals surface area contributed by atoms with E-state index in [0.29, 0.717) is 12.1 Å². The molecule has 1 heterocycles. The van der Waals surface area contributed by atoms with Gasteiger partial charge in [-0.05, 0) is 37.6 Å². The van der Waals surface area contributed by atoms with Crippen LogP contribution in [0.2, 0.25) is 0 Å². The van der Waals surface area contributed by atoms with Crippen LogP contribution in [0.1, 0.15) is 13.3 Å². The summed E-state index contributed by atoms with van der Waals surface area (Å²) in [4.78, 5) is 23.0. The number of benzene rings is 1. The van der Waals surface area contributed by atoms with Crippen molar-refractivity contribution in [3.63, 3.8) is 0 Å². The van der Waals surface area contributed by atoms with Gasteiger partial charge in [0, 0.05) is 11.7 Å². The quantitative estimate of drug-likeness (QED) is 0.634. The van der Waals surface area contributed by atoms with E-state index in [9.17, 15) is 18.0 Å². The number of urea groups is 1. The number of sulfone groups is 1. The SMILES string of the molecule is CCOC(=O)Oc1ccc(NC(=O)NC2CCS(=O)(=O)C2)cc1. The number of amides is 2. The third-order valence-electron chi connectivity index (χ3n) is 3.14. The van der Waals surface area contributed by atoms with E-state index in [1.807, 2.05) is 0 Å². The second-order valence-corrected chi connectivity index (χ2v) is 7.24. The van der Waals surface area contributed by atoms with Gasteiger partial charge in [0.1, 0.15) is 5.75 Å². The van der Waals surface area contributed by atoms with Gasteiger partial charge in [0.25, 0.3) is 0 Å². The first-order valence-electron chi connectivity index (χ1n) is 7.10. The van der Waals surface area contributed by atoms with Crippen LogP contribution in [0.4, 0.5) is 15.3 Å². The summed E-state index contributed by atoms with van der Waals surface area (Å²) >= 11 is 0. The number of anilines is 1. The molecule has 0 aromatic heterocycles. The zero-order chi connectivity index (χ0) is 16.9. The lowest BCUT2D eigenvalue weighted by atomic mass is 10.3. The highest BCUT2D eigenvalue weighted by atomic mass is 32.2. The van der Waals surface area contributed by atoms with Crippen molar-refractivity contribution in [3.05, 3.63) is 24.3 Å². The van der Waals surface area contributed by atoms with Crippen molar-refractivity contribution in [1.82, 2.24) is 5.32 Å². The highest BCUT2D eigenvalue weighted by molar-refractivity contribution is 7.91. The molecule has 1 atom stereocenters. The minimum Gasteiger partial charge on any atom is -0.434 e. The third-order valence-corrected chi connectivity index (χ3v) is 4.91. The van der Waals surface area contributed by atoms with E-state index >= 15 is 0 Å². The first-order chi connectivity index (χ1) is 10.9. The van der Waals surface area contributed by atoms with Crippen LogP contribution in [0, 0.1) is 0 Å². The largest absolute Gasteiger partial charge is 0.513 e. The standard InChI is InChI=1S/C14H18N2O6S/c1-2-21-14(18)22-12-5-3-10(4-6-12)15-13(17)16-11-7-8-23(19,20)9-11/h3-6,11H,2,7-9H2,1H3,(H2,15,16,17). The smallest absolute Gasteiger partial charge is 0.434 e. The second-order valence-electron chi connectivity index (χ2n) is 5.01. The number of carbonyl (C=O) groups excluding carboxylic acids is 2. The first kappa shape index (κ1) is 17.1.